The average Bonchev–Trinajstić information content (AvgIpc) is 2.94. The molecular formula is C36H30. The molecule has 0 N–H and O–H groups in total. The number of aryl methyl sites for hydroxylation is 1. The Labute approximate surface area is 213 Å². The summed E-state index contributed by atoms with van der Waals surface area (Å²) < 4.78 is 0. The summed E-state index contributed by atoms with van der Waals surface area (Å²) in [6, 6.07) is 44.4. The molecule has 6 rings (SSSR count). The fraction of sp³-hybridized carbons (Fsp3) is 0.111. The molecule has 0 saturated heterocycles. The van der Waals surface area contributed by atoms with Gasteiger partial charge in [-0.05, 0) is 85.5 Å². The van der Waals surface area contributed by atoms with Gasteiger partial charge in [0.25, 0.3) is 0 Å². The molecule has 0 bridgehead atoms. The summed E-state index contributed by atoms with van der Waals surface area (Å²) in [7, 11) is 0. The maximum atomic E-state index is 2.40. The van der Waals surface area contributed by atoms with Crippen molar-refractivity contribution >= 4 is 21.5 Å². The van der Waals surface area contributed by atoms with E-state index in [4.69, 9.17) is 0 Å². The second-order valence-corrected chi connectivity index (χ2v) is 9.67. The summed E-state index contributed by atoms with van der Waals surface area (Å²) in [6.07, 6.45) is 2.14. The van der Waals surface area contributed by atoms with Crippen molar-refractivity contribution in [2.45, 2.75) is 26.7 Å². The topological polar surface area (TPSA) is 0 Å². The molecule has 0 unspecified atom stereocenters. The molecular weight excluding hydrogens is 432 g/mol. The zero-order valence-electron chi connectivity index (χ0n) is 21.0. The third-order valence-corrected chi connectivity index (χ3v) is 7.35. The predicted molar refractivity (Wildman–Crippen MR) is 156 cm³/mol. The van der Waals surface area contributed by atoms with E-state index in [9.17, 15) is 0 Å². The van der Waals surface area contributed by atoms with Gasteiger partial charge in [-0.2, -0.15) is 0 Å². The molecule has 0 heterocycles. The second kappa shape index (κ2) is 9.47. The van der Waals surface area contributed by atoms with Gasteiger partial charge in [0.05, 0.1) is 0 Å². The Kier molecular flexibility index (Phi) is 5.87. The van der Waals surface area contributed by atoms with E-state index in [1.807, 2.05) is 0 Å². The van der Waals surface area contributed by atoms with Crippen LogP contribution in [0.3, 0.4) is 0 Å². The van der Waals surface area contributed by atoms with Crippen molar-refractivity contribution in [2.75, 3.05) is 0 Å². The van der Waals surface area contributed by atoms with Crippen LogP contribution in [0.25, 0.3) is 54.9 Å². The van der Waals surface area contributed by atoms with Gasteiger partial charge in [-0.15, -0.1) is 0 Å². The molecule has 174 valence electrons. The van der Waals surface area contributed by atoms with Crippen molar-refractivity contribution in [3.05, 3.63) is 132 Å². The Hall–Kier alpha value is -4.16. The standard InChI is InChI=1S/C36H30/c1-3-11-33-34(29-22-20-27(21-23-29)26-12-5-4-6-13-26)24-30-15-8-10-17-32(30)36(33)35-25(2)18-19-28-14-7-9-16-31(28)35/h4-10,12-24H,3,11H2,1-2H3. The zero-order valence-corrected chi connectivity index (χ0v) is 21.0. The van der Waals surface area contributed by atoms with E-state index < -0.39 is 0 Å². The third kappa shape index (κ3) is 3.89. The smallest absolute Gasteiger partial charge is 0.00582 e. The molecule has 6 aromatic rings. The molecule has 0 fully saturated rings. The maximum Gasteiger partial charge on any atom is -0.00582 e. The molecule has 0 aliphatic carbocycles. The van der Waals surface area contributed by atoms with Crippen molar-refractivity contribution < 1.29 is 0 Å². The monoisotopic (exact) mass is 462 g/mol. The van der Waals surface area contributed by atoms with Crippen molar-refractivity contribution in [2.24, 2.45) is 0 Å². The lowest BCUT2D eigenvalue weighted by atomic mass is 9.82. The lowest BCUT2D eigenvalue weighted by Crippen LogP contribution is -1.98. The fourth-order valence-corrected chi connectivity index (χ4v) is 5.63. The molecule has 6 aromatic carbocycles. The molecule has 36 heavy (non-hydrogen) atoms. The first-order valence-electron chi connectivity index (χ1n) is 12.9. The SMILES string of the molecule is CCCc1c(-c2ccc(-c3ccccc3)cc2)cc2ccccc2c1-c1c(C)ccc2ccccc12. The van der Waals surface area contributed by atoms with E-state index in [1.165, 1.54) is 66.1 Å². The molecule has 0 amide bonds. The normalized spacial score (nSPS) is 11.3. The van der Waals surface area contributed by atoms with Gasteiger partial charge in [0.15, 0.2) is 0 Å². The highest BCUT2D eigenvalue weighted by molar-refractivity contribution is 6.10. The lowest BCUT2D eigenvalue weighted by Gasteiger charge is -2.21. The van der Waals surface area contributed by atoms with Crippen molar-refractivity contribution in [3.8, 4) is 33.4 Å². The molecule has 0 aliphatic heterocycles. The van der Waals surface area contributed by atoms with E-state index in [-0.39, 0.29) is 0 Å². The Balaban J connectivity index is 1.65. The summed E-state index contributed by atoms with van der Waals surface area (Å²) in [5.74, 6) is 0. The molecule has 0 radical (unpaired) electrons. The Bertz CT molecular complexity index is 1670. The van der Waals surface area contributed by atoms with Crippen LogP contribution >= 0.6 is 0 Å². The summed E-state index contributed by atoms with van der Waals surface area (Å²) in [4.78, 5) is 0. The van der Waals surface area contributed by atoms with E-state index in [0.29, 0.717) is 0 Å². The first kappa shape index (κ1) is 22.3. The molecule has 0 heteroatoms. The van der Waals surface area contributed by atoms with Crippen LogP contribution in [0.1, 0.15) is 24.5 Å². The number of hydrogen-bond acceptors (Lipinski definition) is 0. The molecule has 0 aromatic heterocycles. The second-order valence-electron chi connectivity index (χ2n) is 9.67. The fourth-order valence-electron chi connectivity index (χ4n) is 5.63. The van der Waals surface area contributed by atoms with E-state index in [0.717, 1.165) is 12.8 Å². The van der Waals surface area contributed by atoms with Crippen LogP contribution in [0, 0.1) is 6.92 Å². The van der Waals surface area contributed by atoms with Crippen molar-refractivity contribution in [1.29, 1.82) is 0 Å². The van der Waals surface area contributed by atoms with Gasteiger partial charge in [-0.3, -0.25) is 0 Å². The van der Waals surface area contributed by atoms with Gasteiger partial charge in [0, 0.05) is 0 Å². The minimum Gasteiger partial charge on any atom is -0.0651 e. The van der Waals surface area contributed by atoms with Gasteiger partial charge in [-0.25, -0.2) is 0 Å². The average molecular weight is 463 g/mol. The third-order valence-electron chi connectivity index (χ3n) is 7.35. The Morgan fingerprint density at radius 3 is 1.81 bits per heavy atom. The van der Waals surface area contributed by atoms with E-state index in [2.05, 4.69) is 135 Å². The van der Waals surface area contributed by atoms with Crippen LogP contribution < -0.4 is 0 Å². The highest BCUT2D eigenvalue weighted by Crippen LogP contribution is 2.43. The summed E-state index contributed by atoms with van der Waals surface area (Å²) in [5, 5.41) is 5.26. The van der Waals surface area contributed by atoms with Crippen LogP contribution in [0.5, 0.6) is 0 Å². The first-order valence-corrected chi connectivity index (χ1v) is 12.9. The number of hydrogen-bond donors (Lipinski definition) is 0. The van der Waals surface area contributed by atoms with Crippen molar-refractivity contribution in [1.82, 2.24) is 0 Å². The molecule has 0 nitrogen and oxygen atoms in total. The van der Waals surface area contributed by atoms with Crippen LogP contribution in [0.2, 0.25) is 0 Å². The minimum atomic E-state index is 1.04. The van der Waals surface area contributed by atoms with E-state index in [1.54, 1.807) is 0 Å². The number of benzene rings is 6. The number of rotatable bonds is 5. The highest BCUT2D eigenvalue weighted by atomic mass is 14.2. The van der Waals surface area contributed by atoms with Gasteiger partial charge >= 0.3 is 0 Å². The molecule has 0 atom stereocenters. The van der Waals surface area contributed by atoms with E-state index >= 15 is 0 Å². The molecule has 0 aliphatic rings. The minimum absolute atomic E-state index is 1.04. The Morgan fingerprint density at radius 1 is 0.500 bits per heavy atom. The summed E-state index contributed by atoms with van der Waals surface area (Å²) in [5.41, 5.74) is 10.7. The lowest BCUT2D eigenvalue weighted by molar-refractivity contribution is 0.927. The van der Waals surface area contributed by atoms with Gasteiger partial charge in [0.2, 0.25) is 0 Å². The van der Waals surface area contributed by atoms with Crippen LogP contribution in [-0.2, 0) is 6.42 Å². The van der Waals surface area contributed by atoms with Gasteiger partial charge in [-0.1, -0.05) is 129 Å². The largest absolute Gasteiger partial charge is 0.0651 e. The molecule has 0 spiro atoms. The van der Waals surface area contributed by atoms with Gasteiger partial charge in [0.1, 0.15) is 0 Å². The highest BCUT2D eigenvalue weighted by Gasteiger charge is 2.19. The summed E-state index contributed by atoms with van der Waals surface area (Å²) >= 11 is 0. The maximum absolute atomic E-state index is 2.40. The van der Waals surface area contributed by atoms with Crippen LogP contribution in [0.15, 0.2) is 121 Å². The Morgan fingerprint density at radius 2 is 1.08 bits per heavy atom. The van der Waals surface area contributed by atoms with Crippen LogP contribution in [-0.4, -0.2) is 0 Å². The predicted octanol–water partition coefficient (Wildman–Crippen LogP) is 10.3. The quantitative estimate of drug-likeness (QED) is 0.239. The number of fused-ring (bicyclic) bond motifs is 2. The zero-order chi connectivity index (χ0) is 24.5. The first-order chi connectivity index (χ1) is 17.7. The van der Waals surface area contributed by atoms with Crippen molar-refractivity contribution in [3.63, 3.8) is 0 Å². The van der Waals surface area contributed by atoms with Gasteiger partial charge < -0.3 is 0 Å². The van der Waals surface area contributed by atoms with Crippen LogP contribution in [0.4, 0.5) is 0 Å². The molecule has 0 saturated carbocycles. The summed E-state index contributed by atoms with van der Waals surface area (Å²) in [6.45, 7) is 4.55.